The second kappa shape index (κ2) is 14.2. The number of aliphatic imine (C=N–C) groups is 1. The first kappa shape index (κ1) is 30.0. The van der Waals surface area contributed by atoms with Gasteiger partial charge in [-0.25, -0.2) is 4.79 Å². The highest BCUT2D eigenvalue weighted by atomic mass is 127. The topological polar surface area (TPSA) is 95.1 Å². The molecule has 32 heavy (non-hydrogen) atoms. The summed E-state index contributed by atoms with van der Waals surface area (Å²) in [7, 11) is 5.31. The van der Waals surface area contributed by atoms with Crippen LogP contribution in [-0.4, -0.2) is 62.2 Å². The molecule has 0 saturated heterocycles. The molecule has 0 aromatic heterocycles. The Labute approximate surface area is 210 Å². The largest absolute Gasteiger partial charge is 0.444 e. The summed E-state index contributed by atoms with van der Waals surface area (Å²) in [5.74, 6) is 0.897. The van der Waals surface area contributed by atoms with Gasteiger partial charge in [0.2, 0.25) is 0 Å². The first-order valence-corrected chi connectivity index (χ1v) is 10.7. The number of carbonyl (C=O) groups is 2. The monoisotopic (exact) mass is 561 g/mol. The van der Waals surface area contributed by atoms with Gasteiger partial charge in [-0.1, -0.05) is 26.0 Å². The van der Waals surface area contributed by atoms with Crippen LogP contribution in [0, 0.1) is 5.92 Å². The van der Waals surface area contributed by atoms with Crippen LogP contribution in [0.25, 0.3) is 0 Å². The number of carbonyl (C=O) groups excluding carboxylic acids is 2. The fraction of sp³-hybridized carbons (Fsp3) is 0.609. The highest BCUT2D eigenvalue weighted by molar-refractivity contribution is 14.0. The van der Waals surface area contributed by atoms with Gasteiger partial charge in [0, 0.05) is 45.8 Å². The predicted octanol–water partition coefficient (Wildman–Crippen LogP) is 3.61. The summed E-state index contributed by atoms with van der Waals surface area (Å²) < 4.78 is 5.39. The maximum atomic E-state index is 12.2. The van der Waals surface area contributed by atoms with Crippen molar-refractivity contribution in [3.63, 3.8) is 0 Å². The highest BCUT2D eigenvalue weighted by Gasteiger charge is 2.22. The molecule has 1 rings (SSSR count). The molecule has 0 saturated carbocycles. The zero-order valence-electron chi connectivity index (χ0n) is 20.6. The lowest BCUT2D eigenvalue weighted by atomic mass is 10.0. The van der Waals surface area contributed by atoms with Crippen LogP contribution in [0.2, 0.25) is 0 Å². The van der Waals surface area contributed by atoms with E-state index >= 15 is 0 Å². The Balaban J connectivity index is 0.00000961. The average molecular weight is 562 g/mol. The van der Waals surface area contributed by atoms with E-state index in [1.165, 1.54) is 0 Å². The molecule has 0 radical (unpaired) electrons. The molecular weight excluding hydrogens is 521 g/mol. The molecule has 1 unspecified atom stereocenters. The second-order valence-corrected chi connectivity index (χ2v) is 8.89. The van der Waals surface area contributed by atoms with Crippen LogP contribution in [0.3, 0.4) is 0 Å². The van der Waals surface area contributed by atoms with E-state index in [1.54, 1.807) is 20.2 Å². The van der Waals surface area contributed by atoms with Crippen LogP contribution in [0.1, 0.15) is 57.0 Å². The Bertz CT molecular complexity index is 762. The van der Waals surface area contributed by atoms with Crippen LogP contribution < -0.4 is 16.0 Å². The number of alkyl carbamates (subject to hydrolysis) is 1. The molecule has 1 atom stereocenters. The zero-order valence-corrected chi connectivity index (χ0v) is 22.9. The fourth-order valence-corrected chi connectivity index (χ4v) is 3.00. The molecule has 1 aromatic carbocycles. The van der Waals surface area contributed by atoms with Gasteiger partial charge in [-0.2, -0.15) is 0 Å². The Kier molecular flexibility index (Phi) is 13.3. The van der Waals surface area contributed by atoms with Crippen molar-refractivity contribution in [3.05, 3.63) is 35.4 Å². The third-order valence-corrected chi connectivity index (χ3v) is 4.72. The molecule has 0 aliphatic carbocycles. The van der Waals surface area contributed by atoms with Gasteiger partial charge in [-0.3, -0.25) is 9.79 Å². The molecular formula is C23H40IN5O3. The molecule has 8 nitrogen and oxygen atoms in total. The van der Waals surface area contributed by atoms with E-state index in [-0.39, 0.29) is 41.8 Å². The van der Waals surface area contributed by atoms with Gasteiger partial charge < -0.3 is 25.6 Å². The molecule has 1 aromatic rings. The predicted molar refractivity (Wildman–Crippen MR) is 141 cm³/mol. The van der Waals surface area contributed by atoms with Gasteiger partial charge >= 0.3 is 6.09 Å². The van der Waals surface area contributed by atoms with Crippen molar-refractivity contribution in [2.24, 2.45) is 10.9 Å². The smallest absolute Gasteiger partial charge is 0.407 e. The number of rotatable bonds is 8. The van der Waals surface area contributed by atoms with Crippen molar-refractivity contribution in [1.82, 2.24) is 20.9 Å². The van der Waals surface area contributed by atoms with Gasteiger partial charge in [0.05, 0.1) is 0 Å². The Morgan fingerprint density at radius 3 is 2.41 bits per heavy atom. The summed E-state index contributed by atoms with van der Waals surface area (Å²) in [5, 5.41) is 8.94. The van der Waals surface area contributed by atoms with Gasteiger partial charge in [-0.05, 0) is 50.8 Å². The minimum absolute atomic E-state index is 0. The van der Waals surface area contributed by atoms with Crippen molar-refractivity contribution in [3.8, 4) is 0 Å². The standard InChI is InChI=1S/C23H39N5O3.HI/c1-16(2)19(27-22(30)31-23(3,4)5)12-13-28(8)21(25-7)26-15-17-10-9-11-18(14-17)20(29)24-6;/h9-11,14,16,19H,12-13,15H2,1-8H3,(H,24,29)(H,25,26)(H,27,30);1H. The summed E-state index contributed by atoms with van der Waals surface area (Å²) in [5.41, 5.74) is 1.09. The summed E-state index contributed by atoms with van der Waals surface area (Å²) in [6, 6.07) is 7.46. The maximum Gasteiger partial charge on any atom is 0.407 e. The molecule has 0 heterocycles. The van der Waals surface area contributed by atoms with Gasteiger partial charge in [-0.15, -0.1) is 24.0 Å². The average Bonchev–Trinajstić information content (AvgIpc) is 2.69. The maximum absolute atomic E-state index is 12.2. The zero-order chi connectivity index (χ0) is 23.6. The van der Waals surface area contributed by atoms with E-state index in [9.17, 15) is 9.59 Å². The minimum Gasteiger partial charge on any atom is -0.444 e. The van der Waals surface area contributed by atoms with Crippen molar-refractivity contribution >= 4 is 41.9 Å². The normalized spacial score (nSPS) is 12.5. The Morgan fingerprint density at radius 2 is 1.88 bits per heavy atom. The summed E-state index contributed by atoms with van der Waals surface area (Å²) in [6.45, 7) is 11.0. The van der Waals surface area contributed by atoms with E-state index < -0.39 is 11.7 Å². The molecule has 0 fully saturated rings. The SMILES string of the molecule is CN=C(NCc1cccc(C(=O)NC)c1)N(C)CCC(NC(=O)OC(C)(C)C)C(C)C.I. The lowest BCUT2D eigenvalue weighted by Crippen LogP contribution is -2.45. The third kappa shape index (κ3) is 11.0. The number of amides is 2. The van der Waals surface area contributed by atoms with Crippen LogP contribution >= 0.6 is 24.0 Å². The molecule has 0 aliphatic heterocycles. The number of hydrogen-bond donors (Lipinski definition) is 3. The quantitative estimate of drug-likeness (QED) is 0.256. The molecule has 0 aliphatic rings. The van der Waals surface area contributed by atoms with E-state index in [4.69, 9.17) is 4.74 Å². The molecule has 182 valence electrons. The summed E-state index contributed by atoms with van der Waals surface area (Å²) in [4.78, 5) is 30.3. The summed E-state index contributed by atoms with van der Waals surface area (Å²) >= 11 is 0. The summed E-state index contributed by atoms with van der Waals surface area (Å²) in [6.07, 6.45) is 0.354. The lowest BCUT2D eigenvalue weighted by molar-refractivity contribution is 0.0485. The fourth-order valence-electron chi connectivity index (χ4n) is 3.00. The Morgan fingerprint density at radius 1 is 1.22 bits per heavy atom. The number of hydrogen-bond acceptors (Lipinski definition) is 4. The van der Waals surface area contributed by atoms with E-state index in [1.807, 2.05) is 50.9 Å². The molecule has 0 bridgehead atoms. The third-order valence-electron chi connectivity index (χ3n) is 4.72. The van der Waals surface area contributed by atoms with E-state index in [2.05, 4.69) is 34.8 Å². The van der Waals surface area contributed by atoms with Crippen LogP contribution in [0.5, 0.6) is 0 Å². The first-order chi connectivity index (χ1) is 14.5. The number of guanidine groups is 1. The van der Waals surface area contributed by atoms with Crippen LogP contribution in [0.4, 0.5) is 4.79 Å². The molecule has 2 amide bonds. The van der Waals surface area contributed by atoms with Crippen LogP contribution in [0.15, 0.2) is 29.3 Å². The van der Waals surface area contributed by atoms with E-state index in [0.29, 0.717) is 18.7 Å². The minimum atomic E-state index is -0.524. The number of nitrogens with one attached hydrogen (secondary N) is 3. The van der Waals surface area contributed by atoms with Crippen LogP contribution in [-0.2, 0) is 11.3 Å². The van der Waals surface area contributed by atoms with Crippen molar-refractivity contribution < 1.29 is 14.3 Å². The van der Waals surface area contributed by atoms with E-state index in [0.717, 1.165) is 17.9 Å². The van der Waals surface area contributed by atoms with Gasteiger partial charge in [0.25, 0.3) is 5.91 Å². The molecule has 0 spiro atoms. The second-order valence-electron chi connectivity index (χ2n) is 8.89. The number of benzene rings is 1. The number of ether oxygens (including phenoxy) is 1. The molecule has 3 N–H and O–H groups in total. The first-order valence-electron chi connectivity index (χ1n) is 10.7. The highest BCUT2D eigenvalue weighted by Crippen LogP contribution is 2.11. The van der Waals surface area contributed by atoms with Crippen molar-refractivity contribution in [1.29, 1.82) is 0 Å². The lowest BCUT2D eigenvalue weighted by Gasteiger charge is -2.28. The molecule has 9 heteroatoms. The van der Waals surface area contributed by atoms with Gasteiger partial charge in [0.1, 0.15) is 5.60 Å². The van der Waals surface area contributed by atoms with Crippen molar-refractivity contribution in [2.75, 3.05) is 27.7 Å². The number of halogens is 1. The Hall–Kier alpha value is -2.04. The number of nitrogens with zero attached hydrogens (tertiary/aromatic N) is 2. The van der Waals surface area contributed by atoms with Crippen molar-refractivity contribution in [2.45, 2.75) is 59.2 Å². The van der Waals surface area contributed by atoms with Gasteiger partial charge in [0.15, 0.2) is 5.96 Å².